The smallest absolute Gasteiger partial charge is 0.341 e. The first kappa shape index (κ1) is 41.9. The molecule has 13 nitrogen and oxygen atoms in total. The second-order valence-corrected chi connectivity index (χ2v) is 17.3. The molecule has 3 aromatic rings. The minimum absolute atomic E-state index is 0.00735. The number of aromatic carboxylic acids is 1. The SMILES string of the molecule is CCOP(OC)C(CCCOc1ccc(C(=O)CCN2CCN(c3c(F)cc4c(=O)c(C(=O)O)cn(C5CC5)c4c3OC)CC2C)cc1)P(OC)OCC. The van der Waals surface area contributed by atoms with Crippen molar-refractivity contribution in [2.24, 2.45) is 0 Å². The third-order valence-corrected chi connectivity index (χ3v) is 14.1. The van der Waals surface area contributed by atoms with Crippen LogP contribution in [0.15, 0.2) is 41.3 Å². The van der Waals surface area contributed by atoms with Gasteiger partial charge in [-0.15, -0.1) is 0 Å². The monoisotopic (exact) mass is 791 g/mol. The highest BCUT2D eigenvalue weighted by atomic mass is 31.2. The van der Waals surface area contributed by atoms with Crippen LogP contribution in [-0.4, -0.2) is 105 Å². The van der Waals surface area contributed by atoms with Gasteiger partial charge in [-0.2, -0.15) is 0 Å². The van der Waals surface area contributed by atoms with Crippen LogP contribution in [0.1, 0.15) is 79.6 Å². The molecule has 1 aromatic heterocycles. The summed E-state index contributed by atoms with van der Waals surface area (Å²) in [7, 11) is 2.40. The molecule has 5 rings (SSSR count). The van der Waals surface area contributed by atoms with Crippen LogP contribution in [0.25, 0.3) is 10.9 Å². The lowest BCUT2D eigenvalue weighted by molar-refractivity contribution is 0.0694. The van der Waals surface area contributed by atoms with Crippen molar-refractivity contribution < 1.29 is 46.7 Å². The van der Waals surface area contributed by atoms with E-state index < -0.39 is 34.0 Å². The summed E-state index contributed by atoms with van der Waals surface area (Å²) in [6.45, 7) is 9.55. The minimum atomic E-state index is -1.35. The molecule has 3 atom stereocenters. The van der Waals surface area contributed by atoms with Crippen LogP contribution in [0.4, 0.5) is 10.1 Å². The standard InChI is InChI=1S/C38H52FN3O10P2/c1-7-51-53(48-5)33(54(49-6)52-8-2)10-9-21-50-28-15-11-26(12-16-28)32(43)17-18-40-19-20-41(23-25(40)3)35-31(39)22-29-34(37(35)47-4)42(27-13-14-27)24-30(36(29)44)38(45)46/h11-12,15-16,22,24-25,27,33H,7-10,13-14,17-21,23H2,1-6H3,(H,45,46). The van der Waals surface area contributed by atoms with Crippen molar-refractivity contribution in [3.05, 3.63) is 63.7 Å². The topological polar surface area (TPSA) is 138 Å². The molecule has 54 heavy (non-hydrogen) atoms. The summed E-state index contributed by atoms with van der Waals surface area (Å²) in [4.78, 5) is 42.2. The van der Waals surface area contributed by atoms with Crippen molar-refractivity contribution in [3.63, 3.8) is 0 Å². The van der Waals surface area contributed by atoms with Gasteiger partial charge >= 0.3 is 5.97 Å². The highest BCUT2D eigenvalue weighted by molar-refractivity contribution is 7.66. The second-order valence-electron chi connectivity index (χ2n) is 13.2. The molecule has 1 N–H and O–H groups in total. The maximum atomic E-state index is 15.9. The molecular formula is C38H52FN3O10P2. The van der Waals surface area contributed by atoms with E-state index in [1.54, 1.807) is 30.9 Å². The summed E-state index contributed by atoms with van der Waals surface area (Å²) < 4.78 is 52.4. The maximum absolute atomic E-state index is 15.9. The van der Waals surface area contributed by atoms with Crippen molar-refractivity contribution in [1.29, 1.82) is 0 Å². The van der Waals surface area contributed by atoms with E-state index in [1.807, 2.05) is 37.8 Å². The van der Waals surface area contributed by atoms with E-state index in [4.69, 9.17) is 27.6 Å². The van der Waals surface area contributed by atoms with Gasteiger partial charge < -0.3 is 42.1 Å². The van der Waals surface area contributed by atoms with Crippen LogP contribution < -0.4 is 19.8 Å². The largest absolute Gasteiger partial charge is 0.494 e. The van der Waals surface area contributed by atoms with E-state index in [0.717, 1.165) is 31.7 Å². The Hall–Kier alpha value is -3.22. The lowest BCUT2D eigenvalue weighted by Gasteiger charge is -2.41. The molecule has 1 saturated carbocycles. The molecule has 2 fully saturated rings. The molecule has 0 radical (unpaired) electrons. The number of Topliss-reactive ketones (excluding diaryl/α,β-unsaturated/α-hetero) is 1. The molecular weight excluding hydrogens is 739 g/mol. The third-order valence-electron chi connectivity index (χ3n) is 9.69. The van der Waals surface area contributed by atoms with Crippen LogP contribution in [0.5, 0.6) is 11.5 Å². The van der Waals surface area contributed by atoms with Gasteiger partial charge in [-0.3, -0.25) is 14.5 Å². The maximum Gasteiger partial charge on any atom is 0.341 e. The number of anilines is 1. The van der Waals surface area contributed by atoms with Gasteiger partial charge in [-0.05, 0) is 76.8 Å². The molecule has 16 heteroatoms. The van der Waals surface area contributed by atoms with Gasteiger partial charge in [-0.1, -0.05) is 0 Å². The summed E-state index contributed by atoms with van der Waals surface area (Å²) in [5.41, 5.74) is 0.147. The third kappa shape index (κ3) is 9.77. The number of piperazine rings is 1. The zero-order valence-electron chi connectivity index (χ0n) is 31.9. The highest BCUT2D eigenvalue weighted by Crippen LogP contribution is 2.61. The summed E-state index contributed by atoms with van der Waals surface area (Å²) in [6, 6.07) is 8.35. The van der Waals surface area contributed by atoms with Crippen LogP contribution in [0.2, 0.25) is 0 Å². The van der Waals surface area contributed by atoms with Gasteiger partial charge in [0, 0.05) is 70.7 Å². The van der Waals surface area contributed by atoms with Gasteiger partial charge in [0.05, 0.1) is 43.2 Å². The fourth-order valence-corrected chi connectivity index (χ4v) is 10.8. The summed E-state index contributed by atoms with van der Waals surface area (Å²) in [5.74, 6) is -1.06. The zero-order chi connectivity index (χ0) is 38.9. The number of ketones is 1. The number of carbonyl (C=O) groups is 2. The number of halogens is 1. The molecule has 2 heterocycles. The number of nitrogens with zero attached hydrogens (tertiary/aromatic N) is 3. The number of methoxy groups -OCH3 is 1. The van der Waals surface area contributed by atoms with E-state index in [-0.39, 0.29) is 45.7 Å². The number of hydrogen-bond acceptors (Lipinski definition) is 11. The summed E-state index contributed by atoms with van der Waals surface area (Å²) >= 11 is 0. The van der Waals surface area contributed by atoms with E-state index in [2.05, 4.69) is 4.90 Å². The quantitative estimate of drug-likeness (QED) is 0.0652. The number of ether oxygens (including phenoxy) is 2. The number of benzene rings is 2. The van der Waals surface area contributed by atoms with Crippen LogP contribution in [0.3, 0.4) is 0 Å². The number of rotatable bonds is 21. The average Bonchev–Trinajstić information content (AvgIpc) is 4.01. The predicted molar refractivity (Wildman–Crippen MR) is 208 cm³/mol. The number of carbonyl (C=O) groups excluding carboxylic acids is 1. The Morgan fingerprint density at radius 3 is 2.24 bits per heavy atom. The normalized spacial score (nSPS) is 18.1. The van der Waals surface area contributed by atoms with Crippen molar-refractivity contribution in [1.82, 2.24) is 9.47 Å². The number of carboxylic acids is 1. The lowest BCUT2D eigenvalue weighted by Crippen LogP contribution is -2.52. The van der Waals surface area contributed by atoms with Gasteiger partial charge in [0.2, 0.25) is 5.43 Å². The Morgan fingerprint density at radius 2 is 1.69 bits per heavy atom. The molecule has 0 amide bonds. The Bertz CT molecular complexity index is 1790. The van der Waals surface area contributed by atoms with Crippen LogP contribution >= 0.6 is 16.8 Å². The van der Waals surface area contributed by atoms with E-state index >= 15 is 4.39 Å². The molecule has 296 valence electrons. The molecule has 0 bridgehead atoms. The molecule has 1 aliphatic carbocycles. The minimum Gasteiger partial charge on any atom is -0.494 e. The fraction of sp³-hybridized carbons (Fsp3) is 0.553. The second kappa shape index (κ2) is 19.6. The number of fused-ring (bicyclic) bond motifs is 1. The summed E-state index contributed by atoms with van der Waals surface area (Å²) in [6.07, 6.45) is 4.84. The Kier molecular flexibility index (Phi) is 15.2. The summed E-state index contributed by atoms with van der Waals surface area (Å²) in [5, 5.41) is 9.62. The van der Waals surface area contributed by atoms with Gasteiger partial charge in [0.25, 0.3) is 0 Å². The number of aromatic nitrogens is 1. The molecule has 2 aliphatic rings. The van der Waals surface area contributed by atoms with Crippen molar-refractivity contribution in [2.45, 2.75) is 70.4 Å². The average molecular weight is 792 g/mol. The van der Waals surface area contributed by atoms with E-state index in [9.17, 15) is 19.5 Å². The van der Waals surface area contributed by atoms with Crippen molar-refractivity contribution >= 4 is 45.1 Å². The van der Waals surface area contributed by atoms with Gasteiger partial charge in [-0.25, -0.2) is 9.18 Å². The molecule has 2 aromatic carbocycles. The molecule has 0 spiro atoms. The first-order chi connectivity index (χ1) is 26.1. The molecule has 3 unspecified atom stereocenters. The van der Waals surface area contributed by atoms with Crippen molar-refractivity contribution in [2.75, 3.05) is 72.2 Å². The molecule has 1 saturated heterocycles. The lowest BCUT2D eigenvalue weighted by atomic mass is 10.1. The van der Waals surface area contributed by atoms with Gasteiger partial charge in [0.1, 0.15) is 17.0 Å². The highest BCUT2D eigenvalue weighted by Gasteiger charge is 2.35. The first-order valence-corrected chi connectivity index (χ1v) is 20.9. The number of pyridine rings is 1. The van der Waals surface area contributed by atoms with Crippen LogP contribution in [0, 0.1) is 5.82 Å². The first-order valence-electron chi connectivity index (χ1n) is 18.4. The Morgan fingerprint density at radius 1 is 1.02 bits per heavy atom. The van der Waals surface area contributed by atoms with E-state index in [1.165, 1.54) is 13.3 Å². The number of carboxylic acid groups (broad SMARTS) is 1. The Balaban J connectivity index is 1.16. The van der Waals surface area contributed by atoms with Crippen molar-refractivity contribution in [3.8, 4) is 11.5 Å². The van der Waals surface area contributed by atoms with Gasteiger partial charge in [0.15, 0.2) is 34.1 Å². The van der Waals surface area contributed by atoms with Crippen LogP contribution in [-0.2, 0) is 18.1 Å². The number of hydrogen-bond donors (Lipinski definition) is 1. The predicted octanol–water partition coefficient (Wildman–Crippen LogP) is 7.44. The Labute approximate surface area is 318 Å². The fourth-order valence-electron chi connectivity index (χ4n) is 6.90. The zero-order valence-corrected chi connectivity index (χ0v) is 33.7. The molecule has 1 aliphatic heterocycles. The van der Waals surface area contributed by atoms with E-state index in [0.29, 0.717) is 69.3 Å².